The molecule has 0 radical (unpaired) electrons. The van der Waals surface area contributed by atoms with Gasteiger partial charge in [-0.3, -0.25) is 0 Å². The summed E-state index contributed by atoms with van der Waals surface area (Å²) in [7, 11) is 0. The van der Waals surface area contributed by atoms with E-state index in [0.717, 1.165) is 5.69 Å². The highest BCUT2D eigenvalue weighted by Gasteiger charge is 2.01. The molecule has 0 aliphatic rings. The Morgan fingerprint density at radius 2 is 2.36 bits per heavy atom. The number of nitrogens with two attached hydrogens (primary N) is 1. The number of pyridine rings is 1. The zero-order chi connectivity index (χ0) is 10.4. The van der Waals surface area contributed by atoms with Crippen molar-refractivity contribution < 1.29 is 0 Å². The van der Waals surface area contributed by atoms with Crippen molar-refractivity contribution in [1.82, 2.24) is 4.98 Å². The summed E-state index contributed by atoms with van der Waals surface area (Å²) in [6.07, 6.45) is 5.42. The van der Waals surface area contributed by atoms with Crippen LogP contribution in [0, 0.1) is 0 Å². The summed E-state index contributed by atoms with van der Waals surface area (Å²) in [5, 5.41) is 3.40. The van der Waals surface area contributed by atoms with E-state index in [0.29, 0.717) is 11.9 Å². The zero-order valence-electron chi connectivity index (χ0n) is 8.96. The molecule has 3 nitrogen and oxygen atoms in total. The zero-order valence-corrected chi connectivity index (χ0v) is 8.96. The van der Waals surface area contributed by atoms with Gasteiger partial charge in [0, 0.05) is 24.0 Å². The van der Waals surface area contributed by atoms with Gasteiger partial charge in [-0.25, -0.2) is 4.98 Å². The number of aromatic nitrogens is 1. The number of nitrogens with zero attached hydrogens (tertiary/aromatic N) is 1. The van der Waals surface area contributed by atoms with Gasteiger partial charge in [0.15, 0.2) is 0 Å². The van der Waals surface area contributed by atoms with Gasteiger partial charge in [-0.1, -0.05) is 19.8 Å². The van der Waals surface area contributed by atoms with Crippen molar-refractivity contribution in [3.63, 3.8) is 0 Å². The van der Waals surface area contributed by atoms with Crippen molar-refractivity contribution in [2.24, 2.45) is 0 Å². The van der Waals surface area contributed by atoms with Crippen molar-refractivity contribution in [3.05, 3.63) is 18.3 Å². The lowest BCUT2D eigenvalue weighted by Gasteiger charge is -2.14. The Bertz CT molecular complexity index is 273. The predicted octanol–water partition coefficient (Wildman–Crippen LogP) is 2.65. The van der Waals surface area contributed by atoms with Crippen LogP contribution in [0.4, 0.5) is 11.5 Å². The maximum absolute atomic E-state index is 5.58. The fourth-order valence-electron chi connectivity index (χ4n) is 1.41. The molecule has 1 aromatic rings. The minimum atomic E-state index is 0.497. The molecule has 78 valence electrons. The fourth-order valence-corrected chi connectivity index (χ4v) is 1.41. The molecule has 3 N–H and O–H groups in total. The van der Waals surface area contributed by atoms with Gasteiger partial charge >= 0.3 is 0 Å². The van der Waals surface area contributed by atoms with Crippen LogP contribution in [0.3, 0.4) is 0 Å². The van der Waals surface area contributed by atoms with Crippen molar-refractivity contribution >= 4 is 11.5 Å². The van der Waals surface area contributed by atoms with E-state index in [2.05, 4.69) is 24.1 Å². The third kappa shape index (κ3) is 3.64. The monoisotopic (exact) mass is 193 g/mol. The molecule has 1 rings (SSSR count). The Kier molecular flexibility index (Phi) is 4.23. The van der Waals surface area contributed by atoms with Crippen LogP contribution < -0.4 is 11.1 Å². The second kappa shape index (κ2) is 5.47. The van der Waals surface area contributed by atoms with Gasteiger partial charge in [-0.15, -0.1) is 0 Å². The quantitative estimate of drug-likeness (QED) is 0.755. The lowest BCUT2D eigenvalue weighted by atomic mass is 10.1. The maximum atomic E-state index is 5.58. The van der Waals surface area contributed by atoms with E-state index in [1.54, 1.807) is 6.20 Å². The van der Waals surface area contributed by atoms with Crippen LogP contribution in [0.15, 0.2) is 18.3 Å². The maximum Gasteiger partial charge on any atom is 0.125 e. The number of rotatable bonds is 5. The molecule has 14 heavy (non-hydrogen) atoms. The molecule has 0 aromatic carbocycles. The summed E-state index contributed by atoms with van der Waals surface area (Å²) in [6, 6.07) is 4.30. The molecule has 0 saturated carbocycles. The van der Waals surface area contributed by atoms with Crippen LogP contribution in [0.25, 0.3) is 0 Å². The van der Waals surface area contributed by atoms with E-state index in [1.807, 2.05) is 12.1 Å². The first-order valence-corrected chi connectivity index (χ1v) is 5.20. The number of nitrogens with one attached hydrogen (secondary N) is 1. The van der Waals surface area contributed by atoms with Crippen LogP contribution in [0.1, 0.15) is 33.1 Å². The molecule has 0 bridgehead atoms. The molecule has 0 aliphatic carbocycles. The van der Waals surface area contributed by atoms with E-state index in [9.17, 15) is 0 Å². The second-order valence-electron chi connectivity index (χ2n) is 3.66. The Hall–Kier alpha value is -1.25. The highest BCUT2D eigenvalue weighted by atomic mass is 14.9. The van der Waals surface area contributed by atoms with E-state index in [1.165, 1.54) is 19.3 Å². The lowest BCUT2D eigenvalue weighted by Crippen LogP contribution is -2.14. The summed E-state index contributed by atoms with van der Waals surface area (Å²) in [5.74, 6) is 0.567. The third-order valence-electron chi connectivity index (χ3n) is 2.18. The molecule has 0 spiro atoms. The van der Waals surface area contributed by atoms with Crippen molar-refractivity contribution in [2.75, 3.05) is 11.1 Å². The number of anilines is 2. The first-order valence-electron chi connectivity index (χ1n) is 5.20. The highest BCUT2D eigenvalue weighted by Crippen LogP contribution is 2.12. The predicted molar refractivity (Wildman–Crippen MR) is 61.3 cm³/mol. The Morgan fingerprint density at radius 3 is 3.00 bits per heavy atom. The topological polar surface area (TPSA) is 50.9 Å². The summed E-state index contributed by atoms with van der Waals surface area (Å²) in [6.45, 7) is 4.39. The molecule has 1 aromatic heterocycles. The van der Waals surface area contributed by atoms with Crippen LogP contribution >= 0.6 is 0 Å². The van der Waals surface area contributed by atoms with Crippen LogP contribution in [-0.2, 0) is 0 Å². The number of nitrogen functional groups attached to an aromatic ring is 1. The molecule has 1 atom stereocenters. The third-order valence-corrected chi connectivity index (χ3v) is 2.18. The fraction of sp³-hybridized carbons (Fsp3) is 0.545. The lowest BCUT2D eigenvalue weighted by molar-refractivity contribution is 0.645. The Labute approximate surface area is 85.7 Å². The molecule has 0 saturated heterocycles. The smallest absolute Gasteiger partial charge is 0.125 e. The molecular weight excluding hydrogens is 174 g/mol. The average molecular weight is 193 g/mol. The molecule has 0 amide bonds. The molecule has 0 aliphatic heterocycles. The minimum absolute atomic E-state index is 0.497. The van der Waals surface area contributed by atoms with E-state index in [-0.39, 0.29) is 0 Å². The molecule has 1 heterocycles. The van der Waals surface area contributed by atoms with Crippen molar-refractivity contribution in [3.8, 4) is 0 Å². The molecule has 0 fully saturated rings. The number of hydrogen-bond acceptors (Lipinski definition) is 3. The van der Waals surface area contributed by atoms with E-state index in [4.69, 9.17) is 5.73 Å². The highest BCUT2D eigenvalue weighted by molar-refractivity contribution is 5.50. The number of hydrogen-bond donors (Lipinski definition) is 2. The van der Waals surface area contributed by atoms with Crippen LogP contribution in [-0.4, -0.2) is 11.0 Å². The Balaban J connectivity index is 2.43. The first kappa shape index (κ1) is 10.8. The van der Waals surface area contributed by atoms with Gasteiger partial charge < -0.3 is 11.1 Å². The van der Waals surface area contributed by atoms with Crippen LogP contribution in [0.2, 0.25) is 0 Å². The minimum Gasteiger partial charge on any atom is -0.384 e. The largest absolute Gasteiger partial charge is 0.384 e. The summed E-state index contributed by atoms with van der Waals surface area (Å²) in [5.41, 5.74) is 6.64. The summed E-state index contributed by atoms with van der Waals surface area (Å²) in [4.78, 5) is 3.95. The SMILES string of the molecule is CCCCC(C)Nc1ccnc(N)c1. The normalized spacial score (nSPS) is 12.4. The van der Waals surface area contributed by atoms with E-state index >= 15 is 0 Å². The van der Waals surface area contributed by atoms with Gasteiger partial charge in [-0.05, 0) is 19.4 Å². The van der Waals surface area contributed by atoms with Crippen LogP contribution in [0.5, 0.6) is 0 Å². The van der Waals surface area contributed by atoms with Gasteiger partial charge in [0.05, 0.1) is 0 Å². The molecule has 1 unspecified atom stereocenters. The average Bonchev–Trinajstić information content (AvgIpc) is 2.15. The number of unbranched alkanes of at least 4 members (excludes halogenated alkanes) is 1. The molecular formula is C11H19N3. The second-order valence-corrected chi connectivity index (χ2v) is 3.66. The summed E-state index contributed by atoms with van der Waals surface area (Å²) < 4.78 is 0. The first-order chi connectivity index (χ1) is 6.72. The van der Waals surface area contributed by atoms with Crippen molar-refractivity contribution in [2.45, 2.75) is 39.2 Å². The Morgan fingerprint density at radius 1 is 1.57 bits per heavy atom. The van der Waals surface area contributed by atoms with Gasteiger partial charge in [0.1, 0.15) is 5.82 Å². The van der Waals surface area contributed by atoms with Gasteiger partial charge in [-0.2, -0.15) is 0 Å². The van der Waals surface area contributed by atoms with E-state index < -0.39 is 0 Å². The standard InChI is InChI=1S/C11H19N3/c1-3-4-5-9(2)14-10-6-7-13-11(12)8-10/h6-9H,3-5H2,1-2H3,(H3,12,13,14). The molecule has 3 heteroatoms. The van der Waals surface area contributed by atoms with Gasteiger partial charge in [0.25, 0.3) is 0 Å². The van der Waals surface area contributed by atoms with Crippen molar-refractivity contribution in [1.29, 1.82) is 0 Å². The van der Waals surface area contributed by atoms with Gasteiger partial charge in [0.2, 0.25) is 0 Å². The summed E-state index contributed by atoms with van der Waals surface area (Å²) >= 11 is 0.